The van der Waals surface area contributed by atoms with Crippen LogP contribution in [0.2, 0.25) is 0 Å². The molecule has 4 rings (SSSR count). The molecule has 3 aromatic rings. The summed E-state index contributed by atoms with van der Waals surface area (Å²) in [5.41, 5.74) is 3.53. The highest BCUT2D eigenvalue weighted by atomic mass is 32.1. The topological polar surface area (TPSA) is 23.6 Å². The zero-order valence-electron chi connectivity index (χ0n) is 14.8. The van der Waals surface area contributed by atoms with Gasteiger partial charge in [-0.2, -0.15) is 0 Å². The molecular formula is C22H22N2OS. The second kappa shape index (κ2) is 7.44. The summed E-state index contributed by atoms with van der Waals surface area (Å²) in [6.45, 7) is 1.32. The van der Waals surface area contributed by atoms with Gasteiger partial charge in [0.15, 0.2) is 0 Å². The molecule has 1 aromatic heterocycles. The van der Waals surface area contributed by atoms with Gasteiger partial charge in [0.25, 0.3) is 0 Å². The third-order valence-corrected chi connectivity index (χ3v) is 6.03. The van der Waals surface area contributed by atoms with Crippen LogP contribution in [0.1, 0.15) is 22.0 Å². The SMILES string of the molecule is CN(C(=O)CN1CCc2sccc2[C@H]1c1ccccc1)c1ccccc1. The molecule has 0 fully saturated rings. The number of hydrogen-bond acceptors (Lipinski definition) is 3. The van der Waals surface area contributed by atoms with E-state index >= 15 is 0 Å². The van der Waals surface area contributed by atoms with Crippen LogP contribution in [-0.4, -0.2) is 30.9 Å². The van der Waals surface area contributed by atoms with Crippen molar-refractivity contribution in [3.05, 3.63) is 88.1 Å². The molecule has 0 N–H and O–H groups in total. The number of thiophene rings is 1. The molecule has 2 heterocycles. The predicted molar refractivity (Wildman–Crippen MR) is 108 cm³/mol. The Morgan fingerprint density at radius 3 is 2.50 bits per heavy atom. The first-order chi connectivity index (χ1) is 12.7. The molecule has 3 nitrogen and oxygen atoms in total. The number of fused-ring (bicyclic) bond motifs is 1. The van der Waals surface area contributed by atoms with Crippen LogP contribution in [0.3, 0.4) is 0 Å². The summed E-state index contributed by atoms with van der Waals surface area (Å²) >= 11 is 1.83. The van der Waals surface area contributed by atoms with E-state index in [4.69, 9.17) is 0 Å². The third kappa shape index (κ3) is 3.30. The van der Waals surface area contributed by atoms with Gasteiger partial charge >= 0.3 is 0 Å². The van der Waals surface area contributed by atoms with E-state index in [-0.39, 0.29) is 11.9 Å². The molecule has 4 heteroatoms. The minimum Gasteiger partial charge on any atom is -0.314 e. The molecule has 1 atom stereocenters. The van der Waals surface area contributed by atoms with Crippen LogP contribution in [0, 0.1) is 0 Å². The molecule has 1 amide bonds. The smallest absolute Gasteiger partial charge is 0.240 e. The summed E-state index contributed by atoms with van der Waals surface area (Å²) < 4.78 is 0. The standard InChI is InChI=1S/C22H22N2OS/c1-23(18-10-6-3-7-11-18)21(25)16-24-14-12-20-19(13-15-26-20)22(24)17-8-4-2-5-9-17/h2-11,13,15,22H,12,14,16H2,1H3/t22-/m1/s1. The van der Waals surface area contributed by atoms with E-state index in [0.717, 1.165) is 18.7 Å². The molecule has 1 aliphatic heterocycles. The Kier molecular flexibility index (Phi) is 4.87. The van der Waals surface area contributed by atoms with Crippen molar-refractivity contribution in [3.8, 4) is 0 Å². The van der Waals surface area contributed by atoms with E-state index in [1.165, 1.54) is 16.0 Å². The second-order valence-electron chi connectivity index (χ2n) is 6.62. The normalized spacial score (nSPS) is 16.9. The number of amides is 1. The fraction of sp³-hybridized carbons (Fsp3) is 0.227. The van der Waals surface area contributed by atoms with E-state index in [1.54, 1.807) is 4.90 Å². The number of carbonyl (C=O) groups excluding carboxylic acids is 1. The minimum atomic E-state index is 0.121. The fourth-order valence-electron chi connectivity index (χ4n) is 3.64. The fourth-order valence-corrected chi connectivity index (χ4v) is 4.54. The van der Waals surface area contributed by atoms with Gasteiger partial charge in [-0.3, -0.25) is 9.69 Å². The van der Waals surface area contributed by atoms with E-state index in [9.17, 15) is 4.79 Å². The quantitative estimate of drug-likeness (QED) is 0.688. The average Bonchev–Trinajstić information content (AvgIpc) is 3.17. The number of para-hydroxylation sites is 1. The maximum atomic E-state index is 12.9. The summed E-state index contributed by atoms with van der Waals surface area (Å²) in [7, 11) is 1.86. The van der Waals surface area contributed by atoms with Gasteiger partial charge in [0, 0.05) is 24.2 Å². The summed E-state index contributed by atoms with van der Waals surface area (Å²) in [5, 5.41) is 2.17. The van der Waals surface area contributed by atoms with Gasteiger partial charge in [-0.25, -0.2) is 0 Å². The van der Waals surface area contributed by atoms with Crippen LogP contribution in [0.4, 0.5) is 5.69 Å². The Balaban J connectivity index is 1.60. The monoisotopic (exact) mass is 362 g/mol. The molecular weight excluding hydrogens is 340 g/mol. The molecule has 0 saturated heterocycles. The Bertz CT molecular complexity index is 875. The molecule has 132 valence electrons. The van der Waals surface area contributed by atoms with Gasteiger partial charge in [0.2, 0.25) is 5.91 Å². The minimum absolute atomic E-state index is 0.121. The van der Waals surface area contributed by atoms with Crippen LogP contribution in [0.5, 0.6) is 0 Å². The lowest BCUT2D eigenvalue weighted by Gasteiger charge is -2.36. The van der Waals surface area contributed by atoms with Gasteiger partial charge in [-0.1, -0.05) is 48.5 Å². The number of rotatable bonds is 4. The lowest BCUT2D eigenvalue weighted by molar-refractivity contribution is -0.119. The number of nitrogens with zero attached hydrogens (tertiary/aromatic N) is 2. The third-order valence-electron chi connectivity index (χ3n) is 5.04. The van der Waals surface area contributed by atoms with Crippen molar-refractivity contribution in [2.24, 2.45) is 0 Å². The summed E-state index contributed by atoms with van der Waals surface area (Å²) in [6.07, 6.45) is 1.01. The van der Waals surface area contributed by atoms with Crippen LogP contribution in [0.25, 0.3) is 0 Å². The van der Waals surface area contributed by atoms with Crippen molar-refractivity contribution in [2.45, 2.75) is 12.5 Å². The number of hydrogen-bond donors (Lipinski definition) is 0. The van der Waals surface area contributed by atoms with Gasteiger partial charge < -0.3 is 4.90 Å². The van der Waals surface area contributed by atoms with E-state index in [0.29, 0.717) is 6.54 Å². The summed E-state index contributed by atoms with van der Waals surface area (Å²) in [5.74, 6) is 0.121. The van der Waals surface area contributed by atoms with Crippen molar-refractivity contribution in [2.75, 3.05) is 25.0 Å². The first-order valence-electron chi connectivity index (χ1n) is 8.91. The van der Waals surface area contributed by atoms with Crippen LogP contribution < -0.4 is 4.90 Å². The molecule has 0 saturated carbocycles. The van der Waals surface area contributed by atoms with E-state index in [2.05, 4.69) is 40.6 Å². The number of anilines is 1. The summed E-state index contributed by atoms with van der Waals surface area (Å²) in [6, 6.07) is 22.7. The van der Waals surface area contributed by atoms with Crippen LogP contribution in [-0.2, 0) is 11.2 Å². The Hall–Kier alpha value is -2.43. The van der Waals surface area contributed by atoms with Gasteiger partial charge in [-0.05, 0) is 41.1 Å². The molecule has 0 unspecified atom stereocenters. The zero-order chi connectivity index (χ0) is 17.9. The first-order valence-corrected chi connectivity index (χ1v) is 9.79. The Morgan fingerprint density at radius 2 is 1.77 bits per heavy atom. The van der Waals surface area contributed by atoms with Gasteiger partial charge in [0.05, 0.1) is 12.6 Å². The largest absolute Gasteiger partial charge is 0.314 e. The predicted octanol–water partition coefficient (Wildman–Crippen LogP) is 4.36. The molecule has 1 aliphatic rings. The van der Waals surface area contributed by atoms with Crippen molar-refractivity contribution >= 4 is 22.9 Å². The van der Waals surface area contributed by atoms with E-state index < -0.39 is 0 Å². The van der Waals surface area contributed by atoms with Gasteiger partial charge in [0.1, 0.15) is 0 Å². The van der Waals surface area contributed by atoms with Crippen molar-refractivity contribution < 1.29 is 4.79 Å². The highest BCUT2D eigenvalue weighted by Gasteiger charge is 2.31. The Labute approximate surface area is 158 Å². The van der Waals surface area contributed by atoms with E-state index in [1.807, 2.05) is 54.8 Å². The summed E-state index contributed by atoms with van der Waals surface area (Å²) in [4.78, 5) is 18.4. The lowest BCUT2D eigenvalue weighted by atomic mass is 9.93. The number of carbonyl (C=O) groups is 1. The number of likely N-dealkylation sites (N-methyl/N-ethyl adjacent to an activating group) is 1. The first kappa shape index (κ1) is 17.0. The molecule has 2 aromatic carbocycles. The lowest BCUT2D eigenvalue weighted by Crippen LogP contribution is -2.43. The van der Waals surface area contributed by atoms with Crippen molar-refractivity contribution in [1.82, 2.24) is 4.90 Å². The maximum absolute atomic E-state index is 12.9. The Morgan fingerprint density at radius 1 is 1.08 bits per heavy atom. The highest BCUT2D eigenvalue weighted by Crippen LogP contribution is 2.37. The molecule has 0 spiro atoms. The molecule has 0 bridgehead atoms. The average molecular weight is 362 g/mol. The second-order valence-corrected chi connectivity index (χ2v) is 7.62. The molecule has 0 aliphatic carbocycles. The van der Waals surface area contributed by atoms with Gasteiger partial charge in [-0.15, -0.1) is 11.3 Å². The van der Waals surface area contributed by atoms with Crippen LogP contribution >= 0.6 is 11.3 Å². The molecule has 0 radical (unpaired) electrons. The number of benzene rings is 2. The molecule has 26 heavy (non-hydrogen) atoms. The van der Waals surface area contributed by atoms with Crippen molar-refractivity contribution in [1.29, 1.82) is 0 Å². The van der Waals surface area contributed by atoms with Crippen LogP contribution in [0.15, 0.2) is 72.1 Å². The van der Waals surface area contributed by atoms with Crippen molar-refractivity contribution in [3.63, 3.8) is 0 Å². The highest BCUT2D eigenvalue weighted by molar-refractivity contribution is 7.10. The maximum Gasteiger partial charge on any atom is 0.240 e. The zero-order valence-corrected chi connectivity index (χ0v) is 15.7.